The van der Waals surface area contributed by atoms with Gasteiger partial charge in [0.15, 0.2) is 5.15 Å². The minimum absolute atomic E-state index is 0.137. The summed E-state index contributed by atoms with van der Waals surface area (Å²) >= 11 is 5.76. The van der Waals surface area contributed by atoms with Gasteiger partial charge < -0.3 is 21.2 Å². The molecule has 0 radical (unpaired) electrons. The number of carbonyl (C=O) groups is 2. The van der Waals surface area contributed by atoms with Gasteiger partial charge in [-0.2, -0.15) is 0 Å². The summed E-state index contributed by atoms with van der Waals surface area (Å²) < 4.78 is 0. The van der Waals surface area contributed by atoms with E-state index in [1.807, 2.05) is 13.8 Å². The first-order valence-electron chi connectivity index (χ1n) is 8.12. The molecule has 4 N–H and O–H groups in total. The molecule has 27 heavy (non-hydrogen) atoms. The smallest absolute Gasteiger partial charge is 0.273 e. The topological polar surface area (TPSA) is 119 Å². The van der Waals surface area contributed by atoms with Gasteiger partial charge in [-0.3, -0.25) is 9.59 Å². The molecule has 0 spiro atoms. The monoisotopic (exact) mass is 387 g/mol. The van der Waals surface area contributed by atoms with Crippen LogP contribution in [0.15, 0.2) is 41.7 Å². The number of oxime groups is 1. The van der Waals surface area contributed by atoms with Crippen LogP contribution in [0.3, 0.4) is 0 Å². The zero-order valence-corrected chi connectivity index (χ0v) is 15.5. The fraction of sp³-hybridized carbons (Fsp3) is 0.222. The highest BCUT2D eigenvalue weighted by Gasteiger charge is 2.32. The molecule has 1 aromatic heterocycles. The van der Waals surface area contributed by atoms with Crippen molar-refractivity contribution in [3.63, 3.8) is 0 Å². The highest BCUT2D eigenvalue weighted by Crippen LogP contribution is 2.24. The summed E-state index contributed by atoms with van der Waals surface area (Å²) in [6.45, 7) is 3.70. The molecular formula is C18H18ClN5O3. The van der Waals surface area contributed by atoms with Crippen LogP contribution in [0.2, 0.25) is 5.15 Å². The van der Waals surface area contributed by atoms with Crippen molar-refractivity contribution >= 4 is 46.2 Å². The Bertz CT molecular complexity index is 942. The SMILES string of the molecule is CC1(C)CC(C(=O)Nc2cccc(NC(=O)c3cnc(Cl)c(N)c3)c2)=NO1. The van der Waals surface area contributed by atoms with Crippen molar-refractivity contribution in [3.05, 3.63) is 47.2 Å². The molecule has 0 saturated heterocycles. The van der Waals surface area contributed by atoms with Gasteiger partial charge in [0, 0.05) is 24.0 Å². The van der Waals surface area contributed by atoms with Crippen LogP contribution >= 0.6 is 11.6 Å². The Morgan fingerprint density at radius 1 is 1.19 bits per heavy atom. The van der Waals surface area contributed by atoms with Crippen molar-refractivity contribution in [2.75, 3.05) is 16.4 Å². The normalized spacial score (nSPS) is 14.9. The van der Waals surface area contributed by atoms with Crippen molar-refractivity contribution in [2.45, 2.75) is 25.9 Å². The molecular weight excluding hydrogens is 370 g/mol. The maximum absolute atomic E-state index is 12.3. The molecule has 1 aromatic carbocycles. The van der Waals surface area contributed by atoms with Crippen LogP contribution in [-0.2, 0) is 9.63 Å². The fourth-order valence-corrected chi connectivity index (χ4v) is 2.54. The van der Waals surface area contributed by atoms with Crippen molar-refractivity contribution in [1.29, 1.82) is 0 Å². The van der Waals surface area contributed by atoms with E-state index in [2.05, 4.69) is 20.8 Å². The number of pyridine rings is 1. The number of nitrogens with two attached hydrogens (primary N) is 1. The number of halogens is 1. The number of hydrogen-bond donors (Lipinski definition) is 3. The summed E-state index contributed by atoms with van der Waals surface area (Å²) in [7, 11) is 0. The average Bonchev–Trinajstić information content (AvgIpc) is 2.97. The lowest BCUT2D eigenvalue weighted by atomic mass is 10.0. The minimum Gasteiger partial charge on any atom is -0.396 e. The lowest BCUT2D eigenvalue weighted by Gasteiger charge is -2.13. The summed E-state index contributed by atoms with van der Waals surface area (Å²) in [6, 6.07) is 8.17. The third-order valence-electron chi connectivity index (χ3n) is 3.76. The summed E-state index contributed by atoms with van der Waals surface area (Å²) in [6.07, 6.45) is 1.75. The number of hydrogen-bond acceptors (Lipinski definition) is 6. The van der Waals surface area contributed by atoms with Gasteiger partial charge in [0.25, 0.3) is 11.8 Å². The van der Waals surface area contributed by atoms with E-state index in [1.165, 1.54) is 12.3 Å². The summed E-state index contributed by atoms with van der Waals surface area (Å²) in [5.74, 6) is -0.747. The molecule has 0 saturated carbocycles. The molecule has 0 fully saturated rings. The molecule has 1 aliphatic heterocycles. The fourth-order valence-electron chi connectivity index (χ4n) is 2.44. The van der Waals surface area contributed by atoms with E-state index in [1.54, 1.807) is 24.3 Å². The molecule has 2 heterocycles. The first-order valence-corrected chi connectivity index (χ1v) is 8.50. The maximum atomic E-state index is 12.3. The van der Waals surface area contributed by atoms with Crippen LogP contribution in [-0.4, -0.2) is 28.1 Å². The first kappa shape index (κ1) is 18.7. The van der Waals surface area contributed by atoms with Gasteiger partial charge in [-0.15, -0.1) is 0 Å². The quantitative estimate of drug-likeness (QED) is 0.696. The van der Waals surface area contributed by atoms with E-state index in [9.17, 15) is 9.59 Å². The van der Waals surface area contributed by atoms with Crippen molar-refractivity contribution in [2.24, 2.45) is 5.16 Å². The molecule has 140 valence electrons. The van der Waals surface area contributed by atoms with E-state index in [-0.39, 0.29) is 22.3 Å². The Hall–Kier alpha value is -3.13. The number of rotatable bonds is 4. The van der Waals surface area contributed by atoms with Gasteiger partial charge in [0.1, 0.15) is 11.3 Å². The van der Waals surface area contributed by atoms with Crippen LogP contribution in [0.5, 0.6) is 0 Å². The summed E-state index contributed by atoms with van der Waals surface area (Å²) in [5, 5.41) is 9.41. The molecule has 0 aliphatic carbocycles. The molecule has 8 nitrogen and oxygen atoms in total. The van der Waals surface area contributed by atoms with E-state index in [0.717, 1.165) is 0 Å². The number of amides is 2. The second kappa shape index (κ2) is 7.24. The van der Waals surface area contributed by atoms with Gasteiger partial charge in [-0.1, -0.05) is 22.8 Å². The zero-order chi connectivity index (χ0) is 19.6. The Morgan fingerprint density at radius 3 is 2.44 bits per heavy atom. The number of anilines is 3. The van der Waals surface area contributed by atoms with Crippen LogP contribution in [0.4, 0.5) is 17.1 Å². The number of carbonyl (C=O) groups excluding carboxylic acids is 2. The first-order chi connectivity index (χ1) is 12.7. The number of nitrogen functional groups attached to an aromatic ring is 1. The van der Waals surface area contributed by atoms with E-state index < -0.39 is 11.5 Å². The molecule has 1 aliphatic rings. The molecule has 0 bridgehead atoms. The predicted molar refractivity (Wildman–Crippen MR) is 104 cm³/mol. The lowest BCUT2D eigenvalue weighted by Crippen LogP contribution is -2.26. The molecule has 3 rings (SSSR count). The van der Waals surface area contributed by atoms with Crippen molar-refractivity contribution in [3.8, 4) is 0 Å². The average molecular weight is 388 g/mol. The van der Waals surface area contributed by atoms with Crippen LogP contribution in [0, 0.1) is 0 Å². The Morgan fingerprint density at radius 2 is 1.85 bits per heavy atom. The second-order valence-electron chi connectivity index (χ2n) is 6.66. The lowest BCUT2D eigenvalue weighted by molar-refractivity contribution is -0.110. The third-order valence-corrected chi connectivity index (χ3v) is 4.08. The second-order valence-corrected chi connectivity index (χ2v) is 7.02. The Balaban J connectivity index is 1.67. The van der Waals surface area contributed by atoms with E-state index in [4.69, 9.17) is 22.2 Å². The van der Waals surface area contributed by atoms with Gasteiger partial charge >= 0.3 is 0 Å². The van der Waals surface area contributed by atoms with Crippen LogP contribution in [0.1, 0.15) is 30.6 Å². The van der Waals surface area contributed by atoms with E-state index >= 15 is 0 Å². The van der Waals surface area contributed by atoms with Gasteiger partial charge in [0.2, 0.25) is 0 Å². The maximum Gasteiger partial charge on any atom is 0.273 e. The van der Waals surface area contributed by atoms with E-state index in [0.29, 0.717) is 23.5 Å². The number of benzene rings is 1. The van der Waals surface area contributed by atoms with Crippen molar-refractivity contribution < 1.29 is 14.4 Å². The third kappa shape index (κ3) is 4.53. The van der Waals surface area contributed by atoms with Crippen molar-refractivity contribution in [1.82, 2.24) is 4.98 Å². The van der Waals surface area contributed by atoms with Crippen LogP contribution < -0.4 is 16.4 Å². The summed E-state index contributed by atoms with van der Waals surface area (Å²) in [4.78, 5) is 33.7. The van der Waals surface area contributed by atoms with Gasteiger partial charge in [0.05, 0.1) is 11.3 Å². The largest absolute Gasteiger partial charge is 0.396 e. The predicted octanol–water partition coefficient (Wildman–Crippen LogP) is 3.06. The van der Waals surface area contributed by atoms with Crippen LogP contribution in [0.25, 0.3) is 0 Å². The Kier molecular flexibility index (Phi) is 5.00. The molecule has 0 atom stereocenters. The van der Waals surface area contributed by atoms with Gasteiger partial charge in [-0.05, 0) is 38.1 Å². The summed E-state index contributed by atoms with van der Waals surface area (Å²) in [5.41, 5.74) is 6.99. The molecule has 2 aromatic rings. The molecule has 9 heteroatoms. The zero-order valence-electron chi connectivity index (χ0n) is 14.7. The number of nitrogens with one attached hydrogen (secondary N) is 2. The number of nitrogens with zero attached hydrogens (tertiary/aromatic N) is 2. The Labute approximate surface area is 160 Å². The number of aromatic nitrogens is 1. The standard InChI is InChI=1S/C18H18ClN5O3/c1-18(2)8-14(24-27-18)17(26)23-12-5-3-4-11(7-12)22-16(25)10-6-13(20)15(19)21-9-10/h3-7,9H,8,20H2,1-2H3,(H,22,25)(H,23,26). The van der Waals surface area contributed by atoms with Gasteiger partial charge in [-0.25, -0.2) is 4.98 Å². The minimum atomic E-state index is -0.489. The molecule has 0 unspecified atom stereocenters. The highest BCUT2D eigenvalue weighted by atomic mass is 35.5. The molecule has 2 amide bonds. The highest BCUT2D eigenvalue weighted by molar-refractivity contribution is 6.43.